The molecule has 128 valence electrons. The van der Waals surface area contributed by atoms with E-state index < -0.39 is 0 Å². The van der Waals surface area contributed by atoms with Crippen LogP contribution in [-0.2, 0) is 11.3 Å². The van der Waals surface area contributed by atoms with Crippen LogP contribution >= 0.6 is 0 Å². The Morgan fingerprint density at radius 2 is 2.04 bits per heavy atom. The third kappa shape index (κ3) is 5.07. The molecule has 0 bridgehead atoms. The van der Waals surface area contributed by atoms with Crippen molar-refractivity contribution >= 4 is 17.5 Å². The topological polar surface area (TPSA) is 91.9 Å². The summed E-state index contributed by atoms with van der Waals surface area (Å²) in [5, 5.41) is 12.4. The minimum Gasteiger partial charge on any atom is -0.484 e. The lowest BCUT2D eigenvalue weighted by Gasteiger charge is -2.09. The number of nitrogens with zero attached hydrogens (tertiary/aromatic N) is 2. The first kappa shape index (κ1) is 16.5. The van der Waals surface area contributed by atoms with Crippen molar-refractivity contribution in [3.05, 3.63) is 66.0 Å². The monoisotopic (exact) mass is 337 g/mol. The zero-order valence-electron chi connectivity index (χ0n) is 13.8. The van der Waals surface area contributed by atoms with E-state index in [1.54, 1.807) is 0 Å². The molecular weight excluding hydrogens is 318 g/mol. The van der Waals surface area contributed by atoms with Crippen LogP contribution in [0, 0.1) is 6.92 Å². The molecule has 1 aromatic heterocycles. The van der Waals surface area contributed by atoms with Gasteiger partial charge in [0.1, 0.15) is 12.1 Å². The molecule has 0 saturated heterocycles. The molecule has 0 saturated carbocycles. The van der Waals surface area contributed by atoms with Gasteiger partial charge in [0.25, 0.3) is 5.91 Å². The third-order valence-electron chi connectivity index (χ3n) is 3.48. The maximum atomic E-state index is 12.0. The lowest BCUT2D eigenvalue weighted by molar-refractivity contribution is -0.118. The van der Waals surface area contributed by atoms with E-state index in [0.29, 0.717) is 18.2 Å². The number of aromatic nitrogens is 3. The smallest absolute Gasteiger partial charge is 0.262 e. The van der Waals surface area contributed by atoms with Crippen molar-refractivity contribution in [1.29, 1.82) is 0 Å². The van der Waals surface area contributed by atoms with Gasteiger partial charge in [0.15, 0.2) is 6.61 Å². The molecular formula is C18H19N5O2. The fourth-order valence-electron chi connectivity index (χ4n) is 2.20. The summed E-state index contributed by atoms with van der Waals surface area (Å²) in [6.45, 7) is 2.52. The number of anilines is 2. The predicted molar refractivity (Wildman–Crippen MR) is 95.5 cm³/mol. The van der Waals surface area contributed by atoms with Crippen molar-refractivity contribution in [3.8, 4) is 5.75 Å². The van der Waals surface area contributed by atoms with Crippen LogP contribution in [0.25, 0.3) is 0 Å². The SMILES string of the molecule is Cc1ccc(NC(=O)COc2cccc(CNc3ncn[nH]3)c2)cc1. The van der Waals surface area contributed by atoms with Crippen molar-refractivity contribution in [1.82, 2.24) is 15.2 Å². The van der Waals surface area contributed by atoms with Crippen molar-refractivity contribution in [2.24, 2.45) is 0 Å². The van der Waals surface area contributed by atoms with E-state index in [1.807, 2.05) is 55.5 Å². The van der Waals surface area contributed by atoms with Crippen molar-refractivity contribution in [3.63, 3.8) is 0 Å². The van der Waals surface area contributed by atoms with Gasteiger partial charge < -0.3 is 15.4 Å². The lowest BCUT2D eigenvalue weighted by Crippen LogP contribution is -2.20. The van der Waals surface area contributed by atoms with E-state index >= 15 is 0 Å². The second-order valence-corrected chi connectivity index (χ2v) is 5.54. The van der Waals surface area contributed by atoms with Crippen LogP contribution in [0.15, 0.2) is 54.9 Å². The Balaban J connectivity index is 1.49. The molecule has 7 nitrogen and oxygen atoms in total. The second kappa shape index (κ2) is 7.96. The normalized spacial score (nSPS) is 10.3. The molecule has 0 aliphatic carbocycles. The molecule has 2 aromatic carbocycles. The summed E-state index contributed by atoms with van der Waals surface area (Å²) >= 11 is 0. The van der Waals surface area contributed by atoms with E-state index in [-0.39, 0.29) is 12.5 Å². The minimum absolute atomic E-state index is 0.0487. The quantitative estimate of drug-likeness (QED) is 0.616. The van der Waals surface area contributed by atoms with Crippen LogP contribution in [0.5, 0.6) is 5.75 Å². The Hall–Kier alpha value is -3.35. The standard InChI is InChI=1S/C18H19N5O2/c1-13-5-7-15(8-6-13)22-17(24)11-25-16-4-2-3-14(9-16)10-19-18-20-12-21-23-18/h2-9,12H,10-11H2,1H3,(H,22,24)(H2,19,20,21,23). The maximum Gasteiger partial charge on any atom is 0.262 e. The summed E-state index contributed by atoms with van der Waals surface area (Å²) in [5.41, 5.74) is 2.90. The first-order valence-corrected chi connectivity index (χ1v) is 7.86. The molecule has 0 atom stereocenters. The molecule has 0 aliphatic rings. The zero-order chi connectivity index (χ0) is 17.5. The van der Waals surface area contributed by atoms with E-state index in [2.05, 4.69) is 25.8 Å². The van der Waals surface area contributed by atoms with Gasteiger partial charge >= 0.3 is 0 Å². The van der Waals surface area contributed by atoms with Gasteiger partial charge in [-0.25, -0.2) is 10.1 Å². The Morgan fingerprint density at radius 1 is 1.20 bits per heavy atom. The average molecular weight is 337 g/mol. The second-order valence-electron chi connectivity index (χ2n) is 5.54. The summed E-state index contributed by atoms with van der Waals surface area (Å²) in [6.07, 6.45) is 1.44. The summed E-state index contributed by atoms with van der Waals surface area (Å²) in [5.74, 6) is 1.04. The Labute approximate surface area is 145 Å². The molecule has 0 unspecified atom stereocenters. The van der Waals surface area contributed by atoms with Gasteiger partial charge in [-0.3, -0.25) is 4.79 Å². The number of hydrogen-bond donors (Lipinski definition) is 3. The highest BCUT2D eigenvalue weighted by Crippen LogP contribution is 2.14. The maximum absolute atomic E-state index is 12.0. The van der Waals surface area contributed by atoms with E-state index in [9.17, 15) is 4.79 Å². The molecule has 25 heavy (non-hydrogen) atoms. The number of rotatable bonds is 7. The molecule has 0 aliphatic heterocycles. The van der Waals surface area contributed by atoms with E-state index in [4.69, 9.17) is 4.74 Å². The van der Waals surface area contributed by atoms with E-state index in [0.717, 1.165) is 16.8 Å². The van der Waals surface area contributed by atoms with Crippen LogP contribution in [-0.4, -0.2) is 27.7 Å². The van der Waals surface area contributed by atoms with Crippen LogP contribution in [0.4, 0.5) is 11.6 Å². The van der Waals surface area contributed by atoms with Gasteiger partial charge in [-0.2, -0.15) is 5.10 Å². The van der Waals surface area contributed by atoms with Crippen LogP contribution in [0.1, 0.15) is 11.1 Å². The molecule has 3 N–H and O–H groups in total. The number of ether oxygens (including phenoxy) is 1. The molecule has 1 amide bonds. The van der Waals surface area contributed by atoms with Gasteiger partial charge in [-0.1, -0.05) is 29.8 Å². The molecule has 0 fully saturated rings. The fourth-order valence-corrected chi connectivity index (χ4v) is 2.20. The number of aryl methyl sites for hydroxylation is 1. The summed E-state index contributed by atoms with van der Waals surface area (Å²) in [6, 6.07) is 15.2. The number of hydrogen-bond acceptors (Lipinski definition) is 5. The minimum atomic E-state index is -0.200. The summed E-state index contributed by atoms with van der Waals surface area (Å²) < 4.78 is 5.57. The molecule has 1 heterocycles. The van der Waals surface area contributed by atoms with Crippen LogP contribution in [0.2, 0.25) is 0 Å². The Morgan fingerprint density at radius 3 is 2.80 bits per heavy atom. The van der Waals surface area contributed by atoms with Crippen molar-refractivity contribution in [2.75, 3.05) is 17.2 Å². The van der Waals surface area contributed by atoms with Gasteiger partial charge in [-0.15, -0.1) is 0 Å². The van der Waals surface area contributed by atoms with Crippen LogP contribution < -0.4 is 15.4 Å². The van der Waals surface area contributed by atoms with Gasteiger partial charge in [0, 0.05) is 12.2 Å². The Bertz CT molecular complexity index is 816. The van der Waals surface area contributed by atoms with Crippen molar-refractivity contribution < 1.29 is 9.53 Å². The highest BCUT2D eigenvalue weighted by molar-refractivity contribution is 5.91. The summed E-state index contributed by atoms with van der Waals surface area (Å²) in [7, 11) is 0. The molecule has 3 aromatic rings. The van der Waals surface area contributed by atoms with Crippen LogP contribution in [0.3, 0.4) is 0 Å². The van der Waals surface area contributed by atoms with E-state index in [1.165, 1.54) is 6.33 Å². The van der Waals surface area contributed by atoms with Gasteiger partial charge in [0.2, 0.25) is 5.95 Å². The molecule has 7 heteroatoms. The number of aromatic amines is 1. The molecule has 0 spiro atoms. The Kier molecular flexibility index (Phi) is 5.26. The molecule has 3 rings (SSSR count). The van der Waals surface area contributed by atoms with Gasteiger partial charge in [0.05, 0.1) is 0 Å². The lowest BCUT2D eigenvalue weighted by atomic mass is 10.2. The fraction of sp³-hybridized carbons (Fsp3) is 0.167. The summed E-state index contributed by atoms with van der Waals surface area (Å²) in [4.78, 5) is 16.0. The number of H-pyrrole nitrogens is 1. The number of carbonyl (C=O) groups is 1. The highest BCUT2D eigenvalue weighted by Gasteiger charge is 2.05. The number of benzene rings is 2. The third-order valence-corrected chi connectivity index (χ3v) is 3.48. The largest absolute Gasteiger partial charge is 0.484 e. The van der Waals surface area contributed by atoms with Crippen molar-refractivity contribution in [2.45, 2.75) is 13.5 Å². The average Bonchev–Trinajstić information content (AvgIpc) is 3.14. The van der Waals surface area contributed by atoms with Gasteiger partial charge in [-0.05, 0) is 36.8 Å². The molecule has 0 radical (unpaired) electrons. The zero-order valence-corrected chi connectivity index (χ0v) is 13.8. The first-order chi connectivity index (χ1) is 12.2. The number of carbonyl (C=O) groups excluding carboxylic acids is 1. The predicted octanol–water partition coefficient (Wildman–Crippen LogP) is 2.74. The first-order valence-electron chi connectivity index (χ1n) is 7.86. The highest BCUT2D eigenvalue weighted by atomic mass is 16.5. The number of amides is 1. The number of nitrogens with one attached hydrogen (secondary N) is 3.